The molecule has 132 valence electrons. The number of carbonyl (C=O) groups excluding carboxylic acids is 2. The van der Waals surface area contributed by atoms with E-state index in [1.54, 1.807) is 37.3 Å². The van der Waals surface area contributed by atoms with Crippen molar-refractivity contribution in [2.45, 2.75) is 6.92 Å². The van der Waals surface area contributed by atoms with E-state index in [1.165, 1.54) is 6.07 Å². The molecule has 3 aromatic carbocycles. The highest BCUT2D eigenvalue weighted by Gasteiger charge is 2.13. The maximum Gasteiger partial charge on any atom is 0.326 e. The van der Waals surface area contributed by atoms with E-state index in [1.807, 2.05) is 0 Å². The largest absolute Gasteiger partial charge is 0.508 e. The van der Waals surface area contributed by atoms with E-state index in [9.17, 15) is 19.1 Å². The molecule has 0 saturated carbocycles. The molecule has 0 radical (unpaired) electrons. The third-order valence-electron chi connectivity index (χ3n) is 3.93. The number of rotatable bonds is 2. The zero-order chi connectivity index (χ0) is 18.8. The number of nitrogens with one attached hydrogen (secondary N) is 2. The quantitative estimate of drug-likeness (QED) is 0.614. The molecule has 7 heteroatoms. The van der Waals surface area contributed by atoms with Gasteiger partial charge in [-0.1, -0.05) is 23.7 Å². The first-order valence-corrected chi connectivity index (χ1v) is 8.02. The number of aryl methyl sites for hydroxylation is 1. The summed E-state index contributed by atoms with van der Waals surface area (Å²) in [5, 5.41) is 15.9. The number of carbonyl (C=O) groups is 2. The third kappa shape index (κ3) is 3.60. The van der Waals surface area contributed by atoms with Gasteiger partial charge >= 0.3 is 6.03 Å². The molecule has 5 nitrogen and oxygen atoms in total. The first kappa shape index (κ1) is 17.7. The number of urea groups is 1. The van der Waals surface area contributed by atoms with Crippen LogP contribution in [0, 0.1) is 12.7 Å². The van der Waals surface area contributed by atoms with Crippen LogP contribution in [0.4, 0.5) is 14.9 Å². The summed E-state index contributed by atoms with van der Waals surface area (Å²) < 4.78 is 13.0. The van der Waals surface area contributed by atoms with E-state index in [-0.39, 0.29) is 22.0 Å². The average molecular weight is 373 g/mol. The van der Waals surface area contributed by atoms with Gasteiger partial charge in [0.25, 0.3) is 5.91 Å². The molecule has 3 N–H and O–H groups in total. The summed E-state index contributed by atoms with van der Waals surface area (Å²) in [6.07, 6.45) is 0. The predicted octanol–water partition coefficient (Wildman–Crippen LogP) is 4.61. The van der Waals surface area contributed by atoms with Crippen molar-refractivity contribution in [1.82, 2.24) is 5.32 Å². The number of benzene rings is 3. The van der Waals surface area contributed by atoms with Crippen molar-refractivity contribution in [3.8, 4) is 5.75 Å². The van der Waals surface area contributed by atoms with E-state index in [0.717, 1.165) is 22.9 Å². The van der Waals surface area contributed by atoms with Crippen LogP contribution in [-0.2, 0) is 0 Å². The molecule has 0 heterocycles. The Balaban J connectivity index is 1.76. The van der Waals surface area contributed by atoms with Crippen LogP contribution in [0.5, 0.6) is 5.75 Å². The molecule has 3 aromatic rings. The lowest BCUT2D eigenvalue weighted by atomic mass is 10.0. The maximum absolute atomic E-state index is 13.0. The van der Waals surface area contributed by atoms with E-state index in [2.05, 4.69) is 10.6 Å². The standard InChI is InChI=1S/C19H14ClFN2O3/c1-10-14-5-2-12(8-11(14)3-7-17(10)24)18(25)23-19(26)22-16-6-4-13(21)9-15(16)20/h2-9,24H,1H3,(H2,22,23,25,26). The first-order chi connectivity index (χ1) is 12.3. The van der Waals surface area contributed by atoms with Crippen LogP contribution < -0.4 is 10.6 Å². The zero-order valence-electron chi connectivity index (χ0n) is 13.6. The van der Waals surface area contributed by atoms with Crippen LogP contribution >= 0.6 is 11.6 Å². The summed E-state index contributed by atoms with van der Waals surface area (Å²) in [7, 11) is 0. The number of phenols is 1. The Kier molecular flexibility index (Phi) is 4.77. The van der Waals surface area contributed by atoms with Crippen molar-refractivity contribution in [3.63, 3.8) is 0 Å². The molecule has 0 fully saturated rings. The molecule has 0 aliphatic heterocycles. The normalized spacial score (nSPS) is 10.6. The Morgan fingerprint density at radius 3 is 2.58 bits per heavy atom. The lowest BCUT2D eigenvalue weighted by Crippen LogP contribution is -2.34. The summed E-state index contributed by atoms with van der Waals surface area (Å²) in [6.45, 7) is 1.78. The minimum Gasteiger partial charge on any atom is -0.508 e. The number of hydrogen-bond donors (Lipinski definition) is 3. The molecule has 0 aliphatic carbocycles. The Morgan fingerprint density at radius 1 is 1.08 bits per heavy atom. The molecule has 0 aliphatic rings. The third-order valence-corrected chi connectivity index (χ3v) is 4.24. The molecule has 0 unspecified atom stereocenters. The molecule has 0 bridgehead atoms. The number of aromatic hydroxyl groups is 1. The van der Waals surface area contributed by atoms with Gasteiger partial charge in [-0.25, -0.2) is 9.18 Å². The fraction of sp³-hybridized carbons (Fsp3) is 0.0526. The van der Waals surface area contributed by atoms with Gasteiger partial charge < -0.3 is 10.4 Å². The average Bonchev–Trinajstić information content (AvgIpc) is 2.60. The van der Waals surface area contributed by atoms with Crippen LogP contribution in [-0.4, -0.2) is 17.0 Å². The fourth-order valence-corrected chi connectivity index (χ4v) is 2.75. The first-order valence-electron chi connectivity index (χ1n) is 7.65. The summed E-state index contributed by atoms with van der Waals surface area (Å²) in [5.41, 5.74) is 1.17. The van der Waals surface area contributed by atoms with Crippen molar-refractivity contribution in [1.29, 1.82) is 0 Å². The van der Waals surface area contributed by atoms with Gasteiger partial charge in [-0.15, -0.1) is 0 Å². The van der Waals surface area contributed by atoms with Gasteiger partial charge in [-0.3, -0.25) is 10.1 Å². The number of halogens is 2. The summed E-state index contributed by atoms with van der Waals surface area (Å²) in [5.74, 6) is -0.965. The maximum atomic E-state index is 13.0. The number of fused-ring (bicyclic) bond motifs is 1. The number of amides is 3. The topological polar surface area (TPSA) is 78.4 Å². The molecule has 0 aromatic heterocycles. The van der Waals surface area contributed by atoms with Gasteiger partial charge in [0.1, 0.15) is 11.6 Å². The second-order valence-corrected chi connectivity index (χ2v) is 6.09. The van der Waals surface area contributed by atoms with Gasteiger partial charge in [0.15, 0.2) is 0 Å². The van der Waals surface area contributed by atoms with Crippen LogP contribution in [0.25, 0.3) is 10.8 Å². The minimum atomic E-state index is -0.787. The molecule has 0 spiro atoms. The number of phenolic OH excluding ortho intramolecular Hbond substituents is 1. The smallest absolute Gasteiger partial charge is 0.326 e. The van der Waals surface area contributed by atoms with Gasteiger partial charge in [0.2, 0.25) is 0 Å². The van der Waals surface area contributed by atoms with E-state index in [4.69, 9.17) is 11.6 Å². The van der Waals surface area contributed by atoms with Gasteiger partial charge in [-0.05, 0) is 59.7 Å². The molecular weight excluding hydrogens is 359 g/mol. The van der Waals surface area contributed by atoms with Crippen molar-refractivity contribution in [2.75, 3.05) is 5.32 Å². The predicted molar refractivity (Wildman–Crippen MR) is 98.2 cm³/mol. The Bertz CT molecular complexity index is 1040. The lowest BCUT2D eigenvalue weighted by Gasteiger charge is -2.10. The van der Waals surface area contributed by atoms with Crippen LogP contribution in [0.2, 0.25) is 5.02 Å². The Morgan fingerprint density at radius 2 is 1.85 bits per heavy atom. The SMILES string of the molecule is Cc1c(O)ccc2cc(C(=O)NC(=O)Nc3ccc(F)cc3Cl)ccc12. The highest BCUT2D eigenvalue weighted by molar-refractivity contribution is 6.33. The van der Waals surface area contributed by atoms with E-state index < -0.39 is 17.8 Å². The second-order valence-electron chi connectivity index (χ2n) is 5.68. The minimum absolute atomic E-state index is 0.0218. The highest BCUT2D eigenvalue weighted by Crippen LogP contribution is 2.27. The molecule has 0 atom stereocenters. The van der Waals surface area contributed by atoms with Crippen LogP contribution in [0.3, 0.4) is 0 Å². The summed E-state index contributed by atoms with van der Waals surface area (Å²) in [6, 6.07) is 10.8. The highest BCUT2D eigenvalue weighted by atomic mass is 35.5. The second kappa shape index (κ2) is 7.01. The number of imide groups is 1. The van der Waals surface area contributed by atoms with Crippen molar-refractivity contribution < 1.29 is 19.1 Å². The molecular formula is C19H14ClFN2O3. The molecule has 3 amide bonds. The van der Waals surface area contributed by atoms with Gasteiger partial charge in [0.05, 0.1) is 10.7 Å². The number of anilines is 1. The van der Waals surface area contributed by atoms with Crippen molar-refractivity contribution in [3.05, 3.63) is 70.5 Å². The van der Waals surface area contributed by atoms with Crippen molar-refractivity contribution >= 4 is 40.0 Å². The van der Waals surface area contributed by atoms with Gasteiger partial charge in [0, 0.05) is 5.56 Å². The fourth-order valence-electron chi connectivity index (χ4n) is 2.53. The summed E-state index contributed by atoms with van der Waals surface area (Å²) >= 11 is 5.83. The zero-order valence-corrected chi connectivity index (χ0v) is 14.4. The molecule has 0 saturated heterocycles. The summed E-state index contributed by atoms with van der Waals surface area (Å²) in [4.78, 5) is 24.2. The molecule has 26 heavy (non-hydrogen) atoms. The van der Waals surface area contributed by atoms with Crippen molar-refractivity contribution in [2.24, 2.45) is 0 Å². The Labute approximate surface area is 153 Å². The van der Waals surface area contributed by atoms with E-state index >= 15 is 0 Å². The molecule has 3 rings (SSSR count). The van der Waals surface area contributed by atoms with Crippen LogP contribution in [0.1, 0.15) is 15.9 Å². The van der Waals surface area contributed by atoms with E-state index in [0.29, 0.717) is 5.56 Å². The Hall–Kier alpha value is -3.12. The van der Waals surface area contributed by atoms with Gasteiger partial charge in [-0.2, -0.15) is 0 Å². The monoisotopic (exact) mass is 372 g/mol. The number of hydrogen-bond acceptors (Lipinski definition) is 3. The van der Waals surface area contributed by atoms with Crippen LogP contribution in [0.15, 0.2) is 48.5 Å². The lowest BCUT2D eigenvalue weighted by molar-refractivity contribution is 0.0967.